The topological polar surface area (TPSA) is 121 Å². The molecule has 1 aliphatic rings. The number of para-hydroxylation sites is 2. The van der Waals surface area contributed by atoms with Gasteiger partial charge in [0, 0.05) is 0 Å². The SMILES string of the molecule is CCOc1cc(C=NNC(=O)C2COc3ccccc3O2)ccc1OCC(N)=O. The molecule has 1 unspecified atom stereocenters. The maximum atomic E-state index is 12.3. The molecule has 1 atom stereocenters. The van der Waals surface area contributed by atoms with Gasteiger partial charge in [0.15, 0.2) is 29.6 Å². The van der Waals surface area contributed by atoms with Crippen LogP contribution in [-0.4, -0.2) is 44.0 Å². The highest BCUT2D eigenvalue weighted by Crippen LogP contribution is 2.31. The fourth-order valence-electron chi connectivity index (χ4n) is 2.53. The van der Waals surface area contributed by atoms with Crippen LogP contribution in [0.2, 0.25) is 0 Å². The van der Waals surface area contributed by atoms with E-state index in [9.17, 15) is 9.59 Å². The van der Waals surface area contributed by atoms with E-state index in [4.69, 9.17) is 24.7 Å². The molecule has 1 heterocycles. The van der Waals surface area contributed by atoms with E-state index in [0.717, 1.165) is 0 Å². The number of carbonyl (C=O) groups excluding carboxylic acids is 2. The van der Waals surface area contributed by atoms with Crippen molar-refractivity contribution in [2.45, 2.75) is 13.0 Å². The molecule has 9 heteroatoms. The van der Waals surface area contributed by atoms with Crippen LogP contribution >= 0.6 is 0 Å². The third-order valence-corrected chi connectivity index (χ3v) is 3.83. The number of amides is 2. The van der Waals surface area contributed by atoms with E-state index in [2.05, 4.69) is 10.5 Å². The van der Waals surface area contributed by atoms with Crippen molar-refractivity contribution >= 4 is 18.0 Å². The van der Waals surface area contributed by atoms with Gasteiger partial charge in [0.25, 0.3) is 11.8 Å². The second kappa shape index (κ2) is 9.45. The number of primary amides is 1. The third kappa shape index (κ3) is 5.38. The first kappa shape index (κ1) is 20.0. The molecule has 0 saturated heterocycles. The quantitative estimate of drug-likeness (QED) is 0.509. The average Bonchev–Trinajstić information content (AvgIpc) is 2.73. The van der Waals surface area contributed by atoms with Crippen molar-refractivity contribution in [2.75, 3.05) is 19.8 Å². The fourth-order valence-corrected chi connectivity index (χ4v) is 2.53. The second-order valence-corrected chi connectivity index (χ2v) is 5.99. The minimum atomic E-state index is -0.800. The molecule has 152 valence electrons. The van der Waals surface area contributed by atoms with Crippen molar-refractivity contribution in [1.29, 1.82) is 0 Å². The lowest BCUT2D eigenvalue weighted by Gasteiger charge is -2.24. The summed E-state index contributed by atoms with van der Waals surface area (Å²) in [5.41, 5.74) is 8.18. The van der Waals surface area contributed by atoms with Gasteiger partial charge in [-0.25, -0.2) is 5.43 Å². The van der Waals surface area contributed by atoms with E-state index in [0.29, 0.717) is 35.2 Å². The third-order valence-electron chi connectivity index (χ3n) is 3.83. The van der Waals surface area contributed by atoms with Crippen LogP contribution in [0.15, 0.2) is 47.6 Å². The first-order valence-corrected chi connectivity index (χ1v) is 8.96. The Morgan fingerprint density at radius 1 is 1.21 bits per heavy atom. The molecule has 9 nitrogen and oxygen atoms in total. The van der Waals surface area contributed by atoms with E-state index in [1.807, 2.05) is 13.0 Å². The van der Waals surface area contributed by atoms with Crippen LogP contribution in [0.25, 0.3) is 0 Å². The van der Waals surface area contributed by atoms with Crippen molar-refractivity contribution in [2.24, 2.45) is 10.8 Å². The summed E-state index contributed by atoms with van der Waals surface area (Å²) in [6.07, 6.45) is 0.654. The van der Waals surface area contributed by atoms with Gasteiger partial charge in [-0.1, -0.05) is 12.1 Å². The van der Waals surface area contributed by atoms with Crippen molar-refractivity contribution in [1.82, 2.24) is 5.43 Å². The summed E-state index contributed by atoms with van der Waals surface area (Å²) < 4.78 is 22.0. The molecule has 2 aromatic carbocycles. The molecule has 0 spiro atoms. The monoisotopic (exact) mass is 399 g/mol. The van der Waals surface area contributed by atoms with Crippen molar-refractivity contribution in [3.05, 3.63) is 48.0 Å². The molecule has 0 bridgehead atoms. The number of nitrogens with two attached hydrogens (primary N) is 1. The number of nitrogens with one attached hydrogen (secondary N) is 1. The molecule has 2 amide bonds. The molecule has 0 saturated carbocycles. The van der Waals surface area contributed by atoms with Crippen LogP contribution < -0.4 is 30.1 Å². The molecule has 3 N–H and O–H groups in total. The predicted molar refractivity (Wildman–Crippen MR) is 104 cm³/mol. The number of nitrogens with zero attached hydrogens (tertiary/aromatic N) is 1. The van der Waals surface area contributed by atoms with Crippen molar-refractivity contribution in [3.63, 3.8) is 0 Å². The Morgan fingerprint density at radius 3 is 2.76 bits per heavy atom. The number of hydrogen-bond acceptors (Lipinski definition) is 7. The first-order valence-electron chi connectivity index (χ1n) is 8.96. The highest BCUT2D eigenvalue weighted by Gasteiger charge is 2.26. The number of rotatable bonds is 8. The van der Waals surface area contributed by atoms with Gasteiger partial charge in [-0.05, 0) is 42.8 Å². The van der Waals surface area contributed by atoms with Gasteiger partial charge in [0.2, 0.25) is 6.10 Å². The minimum absolute atomic E-state index is 0.0960. The number of ether oxygens (including phenoxy) is 4. The van der Waals surface area contributed by atoms with E-state index >= 15 is 0 Å². The van der Waals surface area contributed by atoms with Gasteiger partial charge in [-0.2, -0.15) is 5.10 Å². The lowest BCUT2D eigenvalue weighted by atomic mass is 10.2. The van der Waals surface area contributed by atoms with Gasteiger partial charge >= 0.3 is 0 Å². The van der Waals surface area contributed by atoms with Gasteiger partial charge in [0.1, 0.15) is 6.61 Å². The Hall–Kier alpha value is -3.75. The van der Waals surface area contributed by atoms with E-state index in [1.165, 1.54) is 6.21 Å². The van der Waals surface area contributed by atoms with E-state index < -0.39 is 17.9 Å². The molecule has 0 radical (unpaired) electrons. The molecule has 3 rings (SSSR count). The first-order chi connectivity index (χ1) is 14.1. The van der Waals surface area contributed by atoms with Crippen LogP contribution in [0.1, 0.15) is 12.5 Å². The normalized spacial score (nSPS) is 15.0. The van der Waals surface area contributed by atoms with Gasteiger partial charge in [-0.15, -0.1) is 0 Å². The highest BCUT2D eigenvalue weighted by atomic mass is 16.6. The maximum Gasteiger partial charge on any atom is 0.284 e. The van der Waals surface area contributed by atoms with Crippen LogP contribution in [0.4, 0.5) is 0 Å². The molecule has 0 fully saturated rings. The summed E-state index contributed by atoms with van der Waals surface area (Å²) in [6.45, 7) is 2.07. The predicted octanol–water partition coefficient (Wildman–Crippen LogP) is 1.24. The number of hydrogen-bond donors (Lipinski definition) is 2. The lowest BCUT2D eigenvalue weighted by molar-refractivity contribution is -0.130. The minimum Gasteiger partial charge on any atom is -0.490 e. The summed E-state index contributed by atoms with van der Waals surface area (Å²) in [4.78, 5) is 23.1. The summed E-state index contributed by atoms with van der Waals surface area (Å²) >= 11 is 0. The van der Waals surface area contributed by atoms with E-state index in [-0.39, 0.29) is 13.2 Å². The molecule has 2 aromatic rings. The summed E-state index contributed by atoms with van der Waals surface area (Å²) in [7, 11) is 0. The van der Waals surface area contributed by atoms with E-state index in [1.54, 1.807) is 36.4 Å². The second-order valence-electron chi connectivity index (χ2n) is 5.99. The molecule has 0 aliphatic carbocycles. The van der Waals surface area contributed by atoms with Gasteiger partial charge in [0.05, 0.1) is 12.8 Å². The fraction of sp³-hybridized carbons (Fsp3) is 0.250. The largest absolute Gasteiger partial charge is 0.490 e. The lowest BCUT2D eigenvalue weighted by Crippen LogP contribution is -2.42. The number of fused-ring (bicyclic) bond motifs is 1. The Balaban J connectivity index is 1.60. The average molecular weight is 399 g/mol. The molecule has 0 aromatic heterocycles. The van der Waals surface area contributed by atoms with Crippen LogP contribution in [0.3, 0.4) is 0 Å². The van der Waals surface area contributed by atoms with Gasteiger partial charge in [-0.3, -0.25) is 9.59 Å². The molecular formula is C20H21N3O6. The zero-order chi connectivity index (χ0) is 20.6. The van der Waals surface area contributed by atoms with Crippen LogP contribution in [0, 0.1) is 0 Å². The molecule has 29 heavy (non-hydrogen) atoms. The standard InChI is InChI=1S/C20H21N3O6/c1-2-26-17-9-13(7-8-15(17)28-12-19(21)24)10-22-23-20(25)18-11-27-14-5-3-4-6-16(14)29-18/h3-10,18H,2,11-12H2,1H3,(H2,21,24)(H,23,25). The number of benzene rings is 2. The number of carbonyl (C=O) groups is 2. The maximum absolute atomic E-state index is 12.3. The van der Waals surface area contributed by atoms with Crippen molar-refractivity contribution in [3.8, 4) is 23.0 Å². The van der Waals surface area contributed by atoms with Crippen LogP contribution in [-0.2, 0) is 9.59 Å². The van der Waals surface area contributed by atoms with Crippen LogP contribution in [0.5, 0.6) is 23.0 Å². The Kier molecular flexibility index (Phi) is 6.51. The zero-order valence-electron chi connectivity index (χ0n) is 15.8. The molecular weight excluding hydrogens is 378 g/mol. The van der Waals surface area contributed by atoms with Crippen molar-refractivity contribution < 1.29 is 28.5 Å². The Bertz CT molecular complexity index is 915. The summed E-state index contributed by atoms with van der Waals surface area (Å²) in [5, 5.41) is 3.95. The Labute approximate surface area is 167 Å². The summed E-state index contributed by atoms with van der Waals surface area (Å²) in [6, 6.07) is 12.1. The molecule has 1 aliphatic heterocycles. The summed E-state index contributed by atoms with van der Waals surface area (Å²) in [5.74, 6) is 0.917. The highest BCUT2D eigenvalue weighted by molar-refractivity contribution is 5.85. The Morgan fingerprint density at radius 2 is 2.00 bits per heavy atom. The zero-order valence-corrected chi connectivity index (χ0v) is 15.8. The number of hydrazone groups is 1. The van der Waals surface area contributed by atoms with Gasteiger partial charge < -0.3 is 24.7 Å². The smallest absolute Gasteiger partial charge is 0.284 e.